The Morgan fingerprint density at radius 2 is 1.40 bits per heavy atom. The van der Waals surface area contributed by atoms with Crippen molar-refractivity contribution in [2.24, 2.45) is 11.8 Å². The van der Waals surface area contributed by atoms with Crippen molar-refractivity contribution in [2.45, 2.75) is 39.2 Å². The molecule has 0 bridgehead atoms. The first-order valence-corrected chi connectivity index (χ1v) is 3.86. The van der Waals surface area contributed by atoms with Crippen LogP contribution < -0.4 is 0 Å². The van der Waals surface area contributed by atoms with E-state index >= 15 is 0 Å². The Morgan fingerprint density at radius 1 is 1.00 bits per heavy atom. The standard InChI is InChI=1S/C8H16O.Li.H/c1-6-3-7(2)5-8(9)4-6;;/h6-9H,3-5H2,1-2H3;;. The molecule has 1 nitrogen and oxygen atoms in total. The van der Waals surface area contributed by atoms with E-state index in [4.69, 9.17) is 0 Å². The maximum absolute atomic E-state index is 9.25. The van der Waals surface area contributed by atoms with E-state index in [1.54, 1.807) is 0 Å². The van der Waals surface area contributed by atoms with Crippen LogP contribution in [0.2, 0.25) is 0 Å². The Balaban J connectivity index is 0.000000810. The second kappa shape index (κ2) is 4.44. The molecule has 0 aromatic heterocycles. The second-order valence-corrected chi connectivity index (χ2v) is 3.57. The van der Waals surface area contributed by atoms with Crippen LogP contribution in [0.4, 0.5) is 0 Å². The summed E-state index contributed by atoms with van der Waals surface area (Å²) in [7, 11) is 0. The van der Waals surface area contributed by atoms with Gasteiger partial charge in [0.2, 0.25) is 0 Å². The van der Waals surface area contributed by atoms with Crippen molar-refractivity contribution in [3.63, 3.8) is 0 Å². The van der Waals surface area contributed by atoms with E-state index in [1.807, 2.05) is 0 Å². The number of rotatable bonds is 0. The first-order chi connectivity index (χ1) is 4.18. The van der Waals surface area contributed by atoms with Crippen LogP contribution in [0.5, 0.6) is 0 Å². The Kier molecular flexibility index (Phi) is 4.69. The molecule has 10 heavy (non-hydrogen) atoms. The minimum absolute atomic E-state index is 0. The third-order valence-corrected chi connectivity index (χ3v) is 2.15. The third kappa shape index (κ3) is 3.10. The number of hydrogen-bond acceptors (Lipinski definition) is 1. The van der Waals surface area contributed by atoms with E-state index in [2.05, 4.69) is 13.8 Å². The number of aliphatic hydroxyl groups is 1. The van der Waals surface area contributed by atoms with Crippen LogP contribution in [0, 0.1) is 11.8 Å². The molecule has 1 saturated carbocycles. The summed E-state index contributed by atoms with van der Waals surface area (Å²) in [5, 5.41) is 9.25. The predicted octanol–water partition coefficient (Wildman–Crippen LogP) is 1.15. The molecule has 0 aliphatic heterocycles. The zero-order chi connectivity index (χ0) is 6.85. The summed E-state index contributed by atoms with van der Waals surface area (Å²) in [6, 6.07) is 0. The van der Waals surface area contributed by atoms with Gasteiger partial charge in [-0.3, -0.25) is 0 Å². The average molecular weight is 136 g/mol. The molecular weight excluding hydrogens is 119 g/mol. The van der Waals surface area contributed by atoms with E-state index in [-0.39, 0.29) is 25.0 Å². The number of hydrogen-bond donors (Lipinski definition) is 1. The van der Waals surface area contributed by atoms with E-state index in [0.717, 1.165) is 24.7 Å². The summed E-state index contributed by atoms with van der Waals surface area (Å²) >= 11 is 0. The molecule has 1 aliphatic rings. The van der Waals surface area contributed by atoms with Crippen LogP contribution in [-0.4, -0.2) is 30.1 Å². The molecule has 0 saturated heterocycles. The van der Waals surface area contributed by atoms with Gasteiger partial charge in [-0.2, -0.15) is 0 Å². The van der Waals surface area contributed by atoms with Crippen LogP contribution in [0.25, 0.3) is 0 Å². The van der Waals surface area contributed by atoms with Crippen molar-refractivity contribution in [3.05, 3.63) is 0 Å². The maximum atomic E-state index is 9.25. The Hall–Kier alpha value is 0.557. The molecule has 2 atom stereocenters. The van der Waals surface area contributed by atoms with Gasteiger partial charge in [0.05, 0.1) is 6.10 Å². The van der Waals surface area contributed by atoms with Gasteiger partial charge in [0.25, 0.3) is 0 Å². The van der Waals surface area contributed by atoms with Gasteiger partial charge in [-0.25, -0.2) is 0 Å². The molecule has 1 fully saturated rings. The summed E-state index contributed by atoms with van der Waals surface area (Å²) in [4.78, 5) is 0. The summed E-state index contributed by atoms with van der Waals surface area (Å²) in [5.74, 6) is 1.48. The summed E-state index contributed by atoms with van der Waals surface area (Å²) in [6.45, 7) is 4.44. The number of aliphatic hydroxyl groups excluding tert-OH is 1. The summed E-state index contributed by atoms with van der Waals surface area (Å²) in [6.07, 6.45) is 3.33. The molecular formula is C8H17LiO. The predicted molar refractivity (Wildman–Crippen MR) is 45.3 cm³/mol. The molecule has 0 aromatic carbocycles. The molecule has 0 radical (unpaired) electrons. The van der Waals surface area contributed by atoms with Crippen LogP contribution in [0.15, 0.2) is 0 Å². The van der Waals surface area contributed by atoms with Crippen molar-refractivity contribution < 1.29 is 5.11 Å². The topological polar surface area (TPSA) is 20.2 Å². The fourth-order valence-corrected chi connectivity index (χ4v) is 1.90. The minimum atomic E-state index is -0.0104. The molecule has 1 N–H and O–H groups in total. The molecule has 0 heterocycles. The zero-order valence-electron chi connectivity index (χ0n) is 6.30. The van der Waals surface area contributed by atoms with E-state index in [0.29, 0.717) is 0 Å². The van der Waals surface area contributed by atoms with Gasteiger partial charge < -0.3 is 5.11 Å². The molecule has 1 rings (SSSR count). The summed E-state index contributed by atoms with van der Waals surface area (Å²) < 4.78 is 0. The molecule has 0 amide bonds. The van der Waals surface area contributed by atoms with Gasteiger partial charge in [0, 0.05) is 0 Å². The third-order valence-electron chi connectivity index (χ3n) is 2.15. The Morgan fingerprint density at radius 3 is 1.70 bits per heavy atom. The van der Waals surface area contributed by atoms with E-state index < -0.39 is 0 Å². The quantitative estimate of drug-likeness (QED) is 0.495. The fraction of sp³-hybridized carbons (Fsp3) is 1.00. The van der Waals surface area contributed by atoms with Gasteiger partial charge in [0.15, 0.2) is 0 Å². The average Bonchev–Trinajstić information content (AvgIpc) is 1.59. The Labute approximate surface area is 75.4 Å². The molecule has 2 heteroatoms. The molecule has 56 valence electrons. The summed E-state index contributed by atoms with van der Waals surface area (Å²) in [5.41, 5.74) is 0. The SMILES string of the molecule is CC1CC(C)CC(O)C1.[LiH]. The molecule has 1 aliphatic carbocycles. The molecule has 0 spiro atoms. The monoisotopic (exact) mass is 136 g/mol. The second-order valence-electron chi connectivity index (χ2n) is 3.57. The van der Waals surface area contributed by atoms with Gasteiger partial charge >= 0.3 is 18.9 Å². The fourth-order valence-electron chi connectivity index (χ4n) is 1.90. The van der Waals surface area contributed by atoms with Gasteiger partial charge in [-0.15, -0.1) is 0 Å². The van der Waals surface area contributed by atoms with Crippen LogP contribution >= 0.6 is 0 Å². The van der Waals surface area contributed by atoms with Gasteiger partial charge in [0.1, 0.15) is 0 Å². The van der Waals surface area contributed by atoms with Crippen molar-refractivity contribution >= 4 is 18.9 Å². The van der Waals surface area contributed by atoms with Gasteiger partial charge in [-0.05, 0) is 31.1 Å². The first kappa shape index (κ1) is 10.6. The molecule has 2 unspecified atom stereocenters. The van der Waals surface area contributed by atoms with Crippen molar-refractivity contribution in [2.75, 3.05) is 0 Å². The molecule has 0 aromatic rings. The Bertz CT molecular complexity index is 70.2. The van der Waals surface area contributed by atoms with Crippen LogP contribution in [0.1, 0.15) is 33.1 Å². The van der Waals surface area contributed by atoms with Crippen LogP contribution in [0.3, 0.4) is 0 Å². The van der Waals surface area contributed by atoms with Crippen molar-refractivity contribution in [1.29, 1.82) is 0 Å². The van der Waals surface area contributed by atoms with E-state index in [1.165, 1.54) is 6.42 Å². The zero-order valence-corrected chi connectivity index (χ0v) is 6.30. The van der Waals surface area contributed by atoms with Crippen LogP contribution in [-0.2, 0) is 0 Å². The van der Waals surface area contributed by atoms with Crippen molar-refractivity contribution in [3.8, 4) is 0 Å². The van der Waals surface area contributed by atoms with Crippen molar-refractivity contribution in [1.82, 2.24) is 0 Å². The van der Waals surface area contributed by atoms with Gasteiger partial charge in [-0.1, -0.05) is 13.8 Å². The van der Waals surface area contributed by atoms with E-state index in [9.17, 15) is 5.11 Å². The first-order valence-electron chi connectivity index (χ1n) is 3.86. The normalized spacial score (nSPS) is 40.5.